The van der Waals surface area contributed by atoms with E-state index >= 15 is 0 Å². The van der Waals surface area contributed by atoms with Crippen LogP contribution in [-0.2, 0) is 17.9 Å². The molecule has 2 saturated heterocycles. The van der Waals surface area contributed by atoms with E-state index in [-0.39, 0.29) is 11.8 Å². The van der Waals surface area contributed by atoms with Crippen molar-refractivity contribution in [3.8, 4) is 0 Å². The average Bonchev–Trinajstić information content (AvgIpc) is 2.80. The lowest BCUT2D eigenvalue weighted by atomic mass is 9.93. The molecule has 2 aromatic rings. The molecule has 2 aliphatic rings. The largest absolute Gasteiger partial charge is 0.352 e. The highest BCUT2D eigenvalue weighted by atomic mass is 16.1. The Morgan fingerprint density at radius 3 is 2.60 bits per heavy atom. The van der Waals surface area contributed by atoms with E-state index in [0.717, 1.165) is 51.1 Å². The van der Waals surface area contributed by atoms with Crippen LogP contribution in [0.15, 0.2) is 48.8 Å². The topological polar surface area (TPSA) is 48.5 Å². The lowest BCUT2D eigenvalue weighted by molar-refractivity contribution is -0.127. The number of aryl methyl sites for hydroxylation is 1. The molecule has 0 unspecified atom stereocenters. The number of piperidine rings is 2. The first kappa shape index (κ1) is 21.0. The van der Waals surface area contributed by atoms with Crippen molar-refractivity contribution >= 4 is 5.91 Å². The number of likely N-dealkylation sites (tertiary alicyclic amines) is 2. The first-order valence-corrected chi connectivity index (χ1v) is 11.4. The number of nitrogens with one attached hydrogen (secondary N) is 1. The third-order valence-electron chi connectivity index (χ3n) is 6.61. The Morgan fingerprint density at radius 1 is 1.07 bits per heavy atom. The molecule has 0 saturated carbocycles. The van der Waals surface area contributed by atoms with Crippen LogP contribution >= 0.6 is 0 Å². The van der Waals surface area contributed by atoms with Gasteiger partial charge in [-0.15, -0.1) is 0 Å². The average molecular weight is 407 g/mol. The summed E-state index contributed by atoms with van der Waals surface area (Å²) < 4.78 is 0. The van der Waals surface area contributed by atoms with E-state index in [1.807, 2.05) is 18.3 Å². The number of hydrogen-bond donors (Lipinski definition) is 1. The van der Waals surface area contributed by atoms with Gasteiger partial charge in [0.25, 0.3) is 0 Å². The Bertz CT molecular complexity index is 800. The van der Waals surface area contributed by atoms with Crippen LogP contribution in [0.4, 0.5) is 0 Å². The van der Waals surface area contributed by atoms with Gasteiger partial charge >= 0.3 is 0 Å². The third kappa shape index (κ3) is 5.67. The highest BCUT2D eigenvalue weighted by Gasteiger charge is 2.31. The van der Waals surface area contributed by atoms with Crippen molar-refractivity contribution in [1.82, 2.24) is 20.1 Å². The maximum Gasteiger partial charge on any atom is 0.224 e. The summed E-state index contributed by atoms with van der Waals surface area (Å²) >= 11 is 0. The molecule has 0 radical (unpaired) electrons. The summed E-state index contributed by atoms with van der Waals surface area (Å²) in [6.45, 7) is 8.09. The van der Waals surface area contributed by atoms with Gasteiger partial charge in [0, 0.05) is 38.1 Å². The predicted molar refractivity (Wildman–Crippen MR) is 120 cm³/mol. The molecular formula is C25H34N4O. The van der Waals surface area contributed by atoms with Gasteiger partial charge < -0.3 is 5.32 Å². The van der Waals surface area contributed by atoms with Gasteiger partial charge in [0.15, 0.2) is 0 Å². The van der Waals surface area contributed by atoms with Crippen LogP contribution in [0.5, 0.6) is 0 Å². The smallest absolute Gasteiger partial charge is 0.224 e. The second-order valence-electron chi connectivity index (χ2n) is 8.91. The van der Waals surface area contributed by atoms with E-state index < -0.39 is 0 Å². The number of carbonyl (C=O) groups excluding carboxylic acids is 1. The van der Waals surface area contributed by atoms with E-state index in [2.05, 4.69) is 51.3 Å². The van der Waals surface area contributed by atoms with Crippen LogP contribution < -0.4 is 5.32 Å². The first-order valence-electron chi connectivity index (χ1n) is 11.4. The molecule has 2 fully saturated rings. The van der Waals surface area contributed by atoms with Gasteiger partial charge in [-0.2, -0.15) is 0 Å². The molecule has 0 spiro atoms. The minimum absolute atomic E-state index is 0.112. The summed E-state index contributed by atoms with van der Waals surface area (Å²) in [5.41, 5.74) is 3.78. The molecule has 1 amide bonds. The lowest BCUT2D eigenvalue weighted by Crippen LogP contribution is -2.50. The minimum Gasteiger partial charge on any atom is -0.352 e. The van der Waals surface area contributed by atoms with Crippen LogP contribution in [0.3, 0.4) is 0 Å². The van der Waals surface area contributed by atoms with Crippen LogP contribution in [-0.4, -0.2) is 52.9 Å². The maximum absolute atomic E-state index is 12.7. The van der Waals surface area contributed by atoms with Crippen molar-refractivity contribution < 1.29 is 4.79 Å². The van der Waals surface area contributed by atoms with Crippen molar-refractivity contribution in [2.45, 2.75) is 51.7 Å². The highest BCUT2D eigenvalue weighted by molar-refractivity contribution is 5.78. The van der Waals surface area contributed by atoms with Crippen molar-refractivity contribution in [3.63, 3.8) is 0 Å². The molecule has 30 heavy (non-hydrogen) atoms. The van der Waals surface area contributed by atoms with Gasteiger partial charge in [0.2, 0.25) is 5.91 Å². The Hall–Kier alpha value is -2.24. The SMILES string of the molecule is Cc1ccc(CN2CCC(N3CCC[C@H](C(=O)NCc4cccnc4)C3)CC2)cc1. The summed E-state index contributed by atoms with van der Waals surface area (Å²) in [4.78, 5) is 22.0. The summed E-state index contributed by atoms with van der Waals surface area (Å²) in [5.74, 6) is 0.307. The second-order valence-corrected chi connectivity index (χ2v) is 8.91. The number of amides is 1. The zero-order chi connectivity index (χ0) is 20.8. The fraction of sp³-hybridized carbons (Fsp3) is 0.520. The van der Waals surface area contributed by atoms with Crippen molar-refractivity contribution in [3.05, 3.63) is 65.5 Å². The van der Waals surface area contributed by atoms with E-state index in [1.54, 1.807) is 6.20 Å². The zero-order valence-corrected chi connectivity index (χ0v) is 18.1. The standard InChI is InChI=1S/C25H34N4O/c1-20-6-8-21(9-7-20)18-28-14-10-24(11-15-28)29-13-3-5-23(19-29)25(30)27-17-22-4-2-12-26-16-22/h2,4,6-9,12,16,23-24H,3,5,10-11,13-15,17-19H2,1H3,(H,27,30)/t23-/m0/s1. The van der Waals surface area contributed by atoms with Gasteiger partial charge in [-0.25, -0.2) is 0 Å². The van der Waals surface area contributed by atoms with Gasteiger partial charge in [-0.1, -0.05) is 35.9 Å². The third-order valence-corrected chi connectivity index (χ3v) is 6.61. The number of nitrogens with zero attached hydrogens (tertiary/aromatic N) is 3. The molecule has 1 atom stereocenters. The van der Waals surface area contributed by atoms with E-state index in [9.17, 15) is 4.79 Å². The fourth-order valence-corrected chi connectivity index (χ4v) is 4.78. The molecule has 2 aliphatic heterocycles. The van der Waals surface area contributed by atoms with E-state index in [1.165, 1.54) is 24.0 Å². The Labute approximate surface area is 180 Å². The van der Waals surface area contributed by atoms with Gasteiger partial charge in [0.05, 0.1) is 5.92 Å². The molecule has 3 heterocycles. The van der Waals surface area contributed by atoms with E-state index in [0.29, 0.717) is 12.6 Å². The Kier molecular flexibility index (Phi) is 7.13. The second kappa shape index (κ2) is 10.2. The number of rotatable bonds is 6. The van der Waals surface area contributed by atoms with Gasteiger partial charge in [0.1, 0.15) is 0 Å². The predicted octanol–water partition coefficient (Wildman–Crippen LogP) is 3.38. The first-order chi connectivity index (χ1) is 14.7. The maximum atomic E-state index is 12.7. The molecule has 1 aromatic carbocycles. The number of aromatic nitrogens is 1. The molecule has 4 rings (SSSR count). The normalized spacial score (nSPS) is 21.4. The molecule has 1 aromatic heterocycles. The quantitative estimate of drug-likeness (QED) is 0.799. The van der Waals surface area contributed by atoms with E-state index in [4.69, 9.17) is 0 Å². The highest BCUT2D eigenvalue weighted by Crippen LogP contribution is 2.25. The Morgan fingerprint density at radius 2 is 1.87 bits per heavy atom. The molecule has 0 bridgehead atoms. The molecular weight excluding hydrogens is 372 g/mol. The summed E-state index contributed by atoms with van der Waals surface area (Å²) in [5, 5.41) is 3.12. The fourth-order valence-electron chi connectivity index (χ4n) is 4.78. The summed E-state index contributed by atoms with van der Waals surface area (Å²) in [6.07, 6.45) is 8.11. The van der Waals surface area contributed by atoms with Crippen LogP contribution in [0.1, 0.15) is 42.4 Å². The lowest BCUT2D eigenvalue weighted by Gasteiger charge is -2.42. The number of benzene rings is 1. The molecule has 5 nitrogen and oxygen atoms in total. The number of pyridine rings is 1. The van der Waals surface area contributed by atoms with Crippen molar-refractivity contribution in [2.24, 2.45) is 5.92 Å². The minimum atomic E-state index is 0.112. The summed E-state index contributed by atoms with van der Waals surface area (Å²) in [7, 11) is 0. The van der Waals surface area contributed by atoms with Crippen molar-refractivity contribution in [1.29, 1.82) is 0 Å². The molecule has 1 N–H and O–H groups in total. The van der Waals surface area contributed by atoms with Crippen molar-refractivity contribution in [2.75, 3.05) is 26.2 Å². The van der Waals surface area contributed by atoms with Gasteiger partial charge in [-0.05, 0) is 69.4 Å². The Balaban J connectivity index is 1.23. The number of carbonyl (C=O) groups is 1. The van der Waals surface area contributed by atoms with Crippen LogP contribution in [0, 0.1) is 12.8 Å². The van der Waals surface area contributed by atoms with Crippen LogP contribution in [0.25, 0.3) is 0 Å². The molecule has 0 aliphatic carbocycles. The number of hydrogen-bond acceptors (Lipinski definition) is 4. The summed E-state index contributed by atoms with van der Waals surface area (Å²) in [6, 6.07) is 13.4. The van der Waals surface area contributed by atoms with Gasteiger partial charge in [-0.3, -0.25) is 19.6 Å². The monoisotopic (exact) mass is 406 g/mol. The zero-order valence-electron chi connectivity index (χ0n) is 18.1. The van der Waals surface area contributed by atoms with Crippen LogP contribution in [0.2, 0.25) is 0 Å². The molecule has 5 heteroatoms. The molecule has 160 valence electrons.